The summed E-state index contributed by atoms with van der Waals surface area (Å²) in [6.45, 7) is 0. The van der Waals surface area contributed by atoms with Crippen molar-refractivity contribution >= 4 is 17.2 Å². The lowest BCUT2D eigenvalue weighted by Gasteiger charge is -2.05. The van der Waals surface area contributed by atoms with Gasteiger partial charge in [0, 0.05) is 17.0 Å². The van der Waals surface area contributed by atoms with Gasteiger partial charge in [-0.3, -0.25) is 0 Å². The fourth-order valence-electron chi connectivity index (χ4n) is 2.24. The van der Waals surface area contributed by atoms with Crippen LogP contribution >= 0.6 is 11.6 Å². The maximum Gasteiger partial charge on any atom is 0.0309 e. The lowest BCUT2D eigenvalue weighted by atomic mass is 9.99. The van der Waals surface area contributed by atoms with Gasteiger partial charge in [0.1, 0.15) is 0 Å². The quantitative estimate of drug-likeness (QED) is 0.682. The van der Waals surface area contributed by atoms with Crippen molar-refractivity contribution in [1.82, 2.24) is 0 Å². The zero-order chi connectivity index (χ0) is 11.0. The van der Waals surface area contributed by atoms with E-state index >= 15 is 0 Å². The van der Waals surface area contributed by atoms with E-state index in [9.17, 15) is 0 Å². The van der Waals surface area contributed by atoms with Crippen LogP contribution in [0.1, 0.15) is 16.7 Å². The van der Waals surface area contributed by atoms with Gasteiger partial charge in [-0.15, -0.1) is 0 Å². The Labute approximate surface area is 100 Å². The predicted molar refractivity (Wildman–Crippen MR) is 68.5 cm³/mol. The Morgan fingerprint density at radius 2 is 1.50 bits per heavy atom. The van der Waals surface area contributed by atoms with Gasteiger partial charge in [-0.05, 0) is 16.7 Å². The highest BCUT2D eigenvalue weighted by atomic mass is 35.5. The van der Waals surface area contributed by atoms with Gasteiger partial charge in [0.05, 0.1) is 0 Å². The van der Waals surface area contributed by atoms with Crippen molar-refractivity contribution in [1.29, 1.82) is 0 Å². The van der Waals surface area contributed by atoms with Crippen molar-refractivity contribution in [2.45, 2.75) is 6.42 Å². The van der Waals surface area contributed by atoms with Gasteiger partial charge in [-0.25, -0.2) is 0 Å². The van der Waals surface area contributed by atoms with Crippen LogP contribution in [-0.2, 0) is 6.42 Å². The van der Waals surface area contributed by atoms with Crippen LogP contribution in [-0.4, -0.2) is 0 Å². The Bertz CT molecular complexity index is 553. The van der Waals surface area contributed by atoms with Crippen LogP contribution in [0, 0.1) is 0 Å². The molecule has 0 aromatic heterocycles. The standard InChI is InChI=1S/C15H11Cl/c16-14-10-12-8-4-5-9-13(12)15(14)11-6-2-1-3-7-11/h1-9H,10H2. The molecule has 1 heteroatoms. The molecule has 0 saturated heterocycles. The van der Waals surface area contributed by atoms with Crippen LogP contribution in [0.15, 0.2) is 59.6 Å². The molecule has 1 aliphatic carbocycles. The summed E-state index contributed by atoms with van der Waals surface area (Å²) >= 11 is 6.36. The van der Waals surface area contributed by atoms with Gasteiger partial charge < -0.3 is 0 Å². The van der Waals surface area contributed by atoms with Gasteiger partial charge in [-0.2, -0.15) is 0 Å². The van der Waals surface area contributed by atoms with Crippen LogP contribution in [0.4, 0.5) is 0 Å². The van der Waals surface area contributed by atoms with Crippen LogP contribution < -0.4 is 0 Å². The normalized spacial score (nSPS) is 14.1. The summed E-state index contributed by atoms with van der Waals surface area (Å²) in [7, 11) is 0. The highest BCUT2D eigenvalue weighted by molar-refractivity contribution is 6.34. The average Bonchev–Trinajstić information content (AvgIpc) is 2.66. The molecule has 0 bridgehead atoms. The predicted octanol–water partition coefficient (Wildman–Crippen LogP) is 4.24. The molecular formula is C15H11Cl. The molecule has 78 valence electrons. The van der Waals surface area contributed by atoms with Gasteiger partial charge in [-0.1, -0.05) is 66.2 Å². The van der Waals surface area contributed by atoms with Crippen molar-refractivity contribution in [3.8, 4) is 0 Å². The van der Waals surface area contributed by atoms with Gasteiger partial charge in [0.25, 0.3) is 0 Å². The van der Waals surface area contributed by atoms with Crippen molar-refractivity contribution in [3.05, 3.63) is 76.3 Å². The molecule has 0 atom stereocenters. The van der Waals surface area contributed by atoms with Crippen molar-refractivity contribution in [3.63, 3.8) is 0 Å². The first-order valence-corrected chi connectivity index (χ1v) is 5.76. The second-order valence-corrected chi connectivity index (χ2v) is 4.44. The number of halogens is 1. The summed E-state index contributed by atoms with van der Waals surface area (Å²) < 4.78 is 0. The molecule has 0 radical (unpaired) electrons. The second kappa shape index (κ2) is 3.80. The number of allylic oxidation sites excluding steroid dienone is 1. The molecule has 0 fully saturated rings. The Morgan fingerprint density at radius 3 is 2.31 bits per heavy atom. The fourth-order valence-corrected chi connectivity index (χ4v) is 2.59. The summed E-state index contributed by atoms with van der Waals surface area (Å²) in [5.41, 5.74) is 5.00. The minimum Gasteiger partial charge on any atom is -0.0881 e. The molecule has 0 amide bonds. The third kappa shape index (κ3) is 1.46. The zero-order valence-corrected chi connectivity index (χ0v) is 9.54. The van der Waals surface area contributed by atoms with E-state index in [4.69, 9.17) is 11.6 Å². The van der Waals surface area contributed by atoms with Crippen LogP contribution in [0.3, 0.4) is 0 Å². The largest absolute Gasteiger partial charge is 0.0881 e. The Kier molecular flexibility index (Phi) is 2.30. The molecule has 0 aliphatic heterocycles. The van der Waals surface area contributed by atoms with Crippen molar-refractivity contribution in [2.75, 3.05) is 0 Å². The number of rotatable bonds is 1. The molecule has 0 heterocycles. The molecule has 3 rings (SSSR count). The zero-order valence-electron chi connectivity index (χ0n) is 8.78. The molecule has 2 aromatic carbocycles. The first-order chi connectivity index (χ1) is 7.86. The van der Waals surface area contributed by atoms with Gasteiger partial charge in [0.2, 0.25) is 0 Å². The van der Waals surface area contributed by atoms with Crippen LogP contribution in [0.2, 0.25) is 0 Å². The molecule has 0 unspecified atom stereocenters. The van der Waals surface area contributed by atoms with E-state index < -0.39 is 0 Å². The summed E-state index contributed by atoms with van der Waals surface area (Å²) in [5, 5.41) is 0.951. The lowest BCUT2D eigenvalue weighted by Crippen LogP contribution is -1.85. The number of hydrogen-bond donors (Lipinski definition) is 0. The topological polar surface area (TPSA) is 0 Å². The SMILES string of the molecule is ClC1=C(c2ccccc2)c2ccccc2C1. The minimum atomic E-state index is 0.863. The lowest BCUT2D eigenvalue weighted by molar-refractivity contribution is 1.29. The molecule has 0 spiro atoms. The Hall–Kier alpha value is -1.53. The number of hydrogen-bond acceptors (Lipinski definition) is 0. The Morgan fingerprint density at radius 1 is 0.812 bits per heavy atom. The van der Waals surface area contributed by atoms with E-state index in [1.165, 1.54) is 22.3 Å². The van der Waals surface area contributed by atoms with E-state index in [0.717, 1.165) is 11.5 Å². The van der Waals surface area contributed by atoms with E-state index in [2.05, 4.69) is 36.4 Å². The van der Waals surface area contributed by atoms with Gasteiger partial charge >= 0.3 is 0 Å². The summed E-state index contributed by atoms with van der Waals surface area (Å²) in [6.07, 6.45) is 0.863. The van der Waals surface area contributed by atoms with E-state index in [1.807, 2.05) is 18.2 Å². The number of benzene rings is 2. The van der Waals surface area contributed by atoms with Crippen molar-refractivity contribution < 1.29 is 0 Å². The summed E-state index contributed by atoms with van der Waals surface area (Å²) in [5.74, 6) is 0. The third-order valence-corrected chi connectivity index (χ3v) is 3.29. The first-order valence-electron chi connectivity index (χ1n) is 5.38. The Balaban J connectivity index is 2.19. The smallest absolute Gasteiger partial charge is 0.0309 e. The molecule has 16 heavy (non-hydrogen) atoms. The van der Waals surface area contributed by atoms with E-state index in [0.29, 0.717) is 0 Å². The monoisotopic (exact) mass is 226 g/mol. The van der Waals surface area contributed by atoms with Crippen LogP contribution in [0.5, 0.6) is 0 Å². The second-order valence-electron chi connectivity index (χ2n) is 3.98. The maximum absolute atomic E-state index is 6.36. The van der Waals surface area contributed by atoms with Crippen molar-refractivity contribution in [2.24, 2.45) is 0 Å². The van der Waals surface area contributed by atoms with Crippen LogP contribution in [0.25, 0.3) is 5.57 Å². The summed E-state index contributed by atoms with van der Waals surface area (Å²) in [6, 6.07) is 18.8. The minimum absolute atomic E-state index is 0.863. The molecule has 0 saturated carbocycles. The molecule has 0 nitrogen and oxygen atoms in total. The average molecular weight is 227 g/mol. The van der Waals surface area contributed by atoms with E-state index in [-0.39, 0.29) is 0 Å². The highest BCUT2D eigenvalue weighted by Gasteiger charge is 2.20. The summed E-state index contributed by atoms with van der Waals surface area (Å²) in [4.78, 5) is 0. The van der Waals surface area contributed by atoms with E-state index in [1.54, 1.807) is 0 Å². The number of fused-ring (bicyclic) bond motifs is 1. The fraction of sp³-hybridized carbons (Fsp3) is 0.0667. The molecule has 1 aliphatic rings. The molecule has 0 N–H and O–H groups in total. The highest BCUT2D eigenvalue weighted by Crippen LogP contribution is 2.38. The molecular weight excluding hydrogens is 216 g/mol. The third-order valence-electron chi connectivity index (χ3n) is 2.97. The molecule has 2 aromatic rings. The first kappa shape index (κ1) is 9.68. The van der Waals surface area contributed by atoms with Gasteiger partial charge in [0.15, 0.2) is 0 Å². The maximum atomic E-state index is 6.36.